The number of hydrogen-bond donors (Lipinski definition) is 2. The molecule has 3 aromatic heterocycles. The predicted molar refractivity (Wildman–Crippen MR) is 127 cm³/mol. The summed E-state index contributed by atoms with van der Waals surface area (Å²) in [5.41, 5.74) is 4.25. The van der Waals surface area contributed by atoms with Crippen molar-refractivity contribution >= 4 is 28.4 Å². The first-order valence-electron chi connectivity index (χ1n) is 11.0. The average Bonchev–Trinajstić information content (AvgIpc) is 3.26. The number of aromatic nitrogens is 3. The van der Waals surface area contributed by atoms with Crippen LogP contribution in [0.4, 0.5) is 5.82 Å². The Bertz CT molecular complexity index is 1330. The molecule has 4 aromatic rings. The molecule has 2 N–H and O–H groups in total. The summed E-state index contributed by atoms with van der Waals surface area (Å²) < 4.78 is 7.82. The number of ether oxygens (including phenoxy) is 1. The van der Waals surface area contributed by atoms with Crippen molar-refractivity contribution < 1.29 is 14.6 Å². The fourth-order valence-electron chi connectivity index (χ4n) is 4.10. The molecule has 0 saturated heterocycles. The molecular weight excluding hydrogens is 416 g/mol. The van der Waals surface area contributed by atoms with E-state index in [2.05, 4.69) is 22.4 Å². The summed E-state index contributed by atoms with van der Waals surface area (Å²) in [4.78, 5) is 20.5. The van der Waals surface area contributed by atoms with Gasteiger partial charge < -0.3 is 19.7 Å². The standard InChI is InChI=1S/C26H24N4O3/c31-25(32)17-24(22-5-1-2-12-27-22)30-14-10-19-16-21(8-9-23(19)30)33-15-11-20-7-6-18-4-3-13-28-26(18)29-20/h1-2,5-10,12,14,16-17H,3-4,11,13,15H2,(H,28,29)(H,31,32)/b24-17-. The van der Waals surface area contributed by atoms with Gasteiger partial charge in [-0.3, -0.25) is 4.98 Å². The number of hydrogen-bond acceptors (Lipinski definition) is 5. The SMILES string of the molecule is O=C(O)/C=C(/c1ccccn1)n1ccc2cc(OCCc3ccc4c(n3)NCCC4)ccc21. The highest BCUT2D eigenvalue weighted by atomic mass is 16.5. The number of nitrogens with zero attached hydrogens (tertiary/aromatic N) is 3. The Kier molecular flexibility index (Phi) is 5.76. The van der Waals surface area contributed by atoms with Gasteiger partial charge >= 0.3 is 5.97 Å². The van der Waals surface area contributed by atoms with Crippen LogP contribution in [-0.4, -0.2) is 38.8 Å². The minimum absolute atomic E-state index is 0.499. The molecule has 5 rings (SSSR count). The first-order valence-corrected chi connectivity index (χ1v) is 11.0. The van der Waals surface area contributed by atoms with Crippen LogP contribution in [0.3, 0.4) is 0 Å². The molecule has 1 aliphatic heterocycles. The Morgan fingerprint density at radius 1 is 1.18 bits per heavy atom. The molecule has 0 unspecified atom stereocenters. The van der Waals surface area contributed by atoms with Gasteiger partial charge in [-0.15, -0.1) is 0 Å². The van der Waals surface area contributed by atoms with Crippen molar-refractivity contribution in [1.82, 2.24) is 14.5 Å². The van der Waals surface area contributed by atoms with Gasteiger partial charge in [-0.2, -0.15) is 0 Å². The Balaban J connectivity index is 1.32. The number of aliphatic carboxylic acids is 1. The molecule has 0 bridgehead atoms. The summed E-state index contributed by atoms with van der Waals surface area (Å²) in [5, 5.41) is 13.7. The van der Waals surface area contributed by atoms with Crippen LogP contribution in [0.5, 0.6) is 5.75 Å². The number of pyridine rings is 2. The molecule has 7 nitrogen and oxygen atoms in total. The van der Waals surface area contributed by atoms with Crippen molar-refractivity contribution in [2.75, 3.05) is 18.5 Å². The summed E-state index contributed by atoms with van der Waals surface area (Å²) in [6.07, 6.45) is 7.62. The molecule has 1 aliphatic rings. The minimum Gasteiger partial charge on any atom is -0.493 e. The van der Waals surface area contributed by atoms with Gasteiger partial charge in [0.25, 0.3) is 0 Å². The zero-order valence-electron chi connectivity index (χ0n) is 18.1. The molecule has 0 radical (unpaired) electrons. The third kappa shape index (κ3) is 4.57. The van der Waals surface area contributed by atoms with Crippen molar-refractivity contribution in [3.05, 3.63) is 90.0 Å². The van der Waals surface area contributed by atoms with Crippen LogP contribution in [0.2, 0.25) is 0 Å². The molecule has 0 amide bonds. The van der Waals surface area contributed by atoms with Crippen molar-refractivity contribution in [2.24, 2.45) is 0 Å². The van der Waals surface area contributed by atoms with Crippen LogP contribution in [0, 0.1) is 0 Å². The average molecular weight is 441 g/mol. The van der Waals surface area contributed by atoms with Crippen molar-refractivity contribution in [3.63, 3.8) is 0 Å². The quantitative estimate of drug-likeness (QED) is 0.415. The predicted octanol–water partition coefficient (Wildman–Crippen LogP) is 4.38. The zero-order valence-corrected chi connectivity index (χ0v) is 18.1. The first kappa shape index (κ1) is 20.8. The maximum Gasteiger partial charge on any atom is 0.330 e. The summed E-state index contributed by atoms with van der Waals surface area (Å²) in [7, 11) is 0. The fraction of sp³-hybridized carbons (Fsp3) is 0.192. The van der Waals surface area contributed by atoms with Gasteiger partial charge in [0, 0.05) is 42.5 Å². The number of carbonyl (C=O) groups is 1. The van der Waals surface area contributed by atoms with E-state index in [4.69, 9.17) is 9.72 Å². The Morgan fingerprint density at radius 2 is 2.12 bits per heavy atom. The van der Waals surface area contributed by atoms with Crippen molar-refractivity contribution in [2.45, 2.75) is 19.3 Å². The van der Waals surface area contributed by atoms with E-state index in [9.17, 15) is 9.90 Å². The lowest BCUT2D eigenvalue weighted by Gasteiger charge is -2.17. The highest BCUT2D eigenvalue weighted by Gasteiger charge is 2.13. The summed E-state index contributed by atoms with van der Waals surface area (Å²) in [5.74, 6) is 0.737. The number of carboxylic acids is 1. The van der Waals surface area contributed by atoms with Crippen LogP contribution in [0.1, 0.15) is 23.4 Å². The van der Waals surface area contributed by atoms with Gasteiger partial charge in [-0.25, -0.2) is 9.78 Å². The number of rotatable bonds is 7. The van der Waals surface area contributed by atoms with E-state index in [1.54, 1.807) is 18.3 Å². The smallest absolute Gasteiger partial charge is 0.330 e. The third-order valence-corrected chi connectivity index (χ3v) is 5.69. The highest BCUT2D eigenvalue weighted by molar-refractivity contribution is 5.93. The second-order valence-corrected chi connectivity index (χ2v) is 7.93. The number of anilines is 1. The van der Waals surface area contributed by atoms with Crippen LogP contribution < -0.4 is 10.1 Å². The van der Waals surface area contributed by atoms with E-state index in [1.807, 2.05) is 41.1 Å². The molecule has 7 heteroatoms. The Hall–Kier alpha value is -4.13. The van der Waals surface area contributed by atoms with E-state index in [1.165, 1.54) is 11.6 Å². The number of carboxylic acid groups (broad SMARTS) is 1. The topological polar surface area (TPSA) is 89.3 Å². The summed E-state index contributed by atoms with van der Waals surface area (Å²) in [6.45, 7) is 1.50. The van der Waals surface area contributed by atoms with Crippen molar-refractivity contribution in [1.29, 1.82) is 0 Å². The zero-order chi connectivity index (χ0) is 22.6. The van der Waals surface area contributed by atoms with E-state index in [0.29, 0.717) is 18.0 Å². The first-order chi connectivity index (χ1) is 16.2. The maximum absolute atomic E-state index is 11.4. The molecule has 0 atom stereocenters. The van der Waals surface area contributed by atoms with Crippen molar-refractivity contribution in [3.8, 4) is 5.75 Å². The largest absolute Gasteiger partial charge is 0.493 e. The van der Waals surface area contributed by atoms with Gasteiger partial charge in [0.15, 0.2) is 0 Å². The molecule has 0 aliphatic carbocycles. The monoisotopic (exact) mass is 440 g/mol. The normalized spacial score (nSPS) is 13.4. The Morgan fingerprint density at radius 3 is 2.97 bits per heavy atom. The van der Waals surface area contributed by atoms with E-state index >= 15 is 0 Å². The summed E-state index contributed by atoms with van der Waals surface area (Å²) >= 11 is 0. The maximum atomic E-state index is 11.4. The van der Waals surface area contributed by atoms with Crippen LogP contribution in [0.25, 0.3) is 16.6 Å². The van der Waals surface area contributed by atoms with Gasteiger partial charge in [0.2, 0.25) is 0 Å². The van der Waals surface area contributed by atoms with Gasteiger partial charge in [-0.1, -0.05) is 12.1 Å². The second kappa shape index (κ2) is 9.16. The highest BCUT2D eigenvalue weighted by Crippen LogP contribution is 2.27. The molecule has 166 valence electrons. The van der Waals surface area contributed by atoms with E-state index in [-0.39, 0.29) is 0 Å². The Labute approximate surface area is 191 Å². The number of benzene rings is 1. The number of nitrogens with one attached hydrogen (secondary N) is 1. The molecule has 1 aromatic carbocycles. The lowest BCUT2D eigenvalue weighted by Crippen LogP contribution is -2.14. The molecular formula is C26H24N4O3. The third-order valence-electron chi connectivity index (χ3n) is 5.69. The fourth-order valence-corrected chi connectivity index (χ4v) is 4.10. The van der Waals surface area contributed by atoms with Crippen LogP contribution >= 0.6 is 0 Å². The number of aryl methyl sites for hydroxylation is 1. The minimum atomic E-state index is -1.02. The van der Waals surface area contributed by atoms with Crippen LogP contribution in [-0.2, 0) is 17.6 Å². The van der Waals surface area contributed by atoms with Crippen LogP contribution in [0.15, 0.2) is 73.1 Å². The lowest BCUT2D eigenvalue weighted by atomic mass is 10.1. The van der Waals surface area contributed by atoms with E-state index in [0.717, 1.165) is 54.0 Å². The molecule has 0 fully saturated rings. The molecule has 33 heavy (non-hydrogen) atoms. The number of fused-ring (bicyclic) bond motifs is 2. The van der Waals surface area contributed by atoms with E-state index < -0.39 is 5.97 Å². The van der Waals surface area contributed by atoms with Gasteiger partial charge in [-0.05, 0) is 60.9 Å². The molecule has 0 saturated carbocycles. The second-order valence-electron chi connectivity index (χ2n) is 7.93. The van der Waals surface area contributed by atoms with Gasteiger partial charge in [0.05, 0.1) is 23.5 Å². The summed E-state index contributed by atoms with van der Waals surface area (Å²) in [6, 6.07) is 17.4. The van der Waals surface area contributed by atoms with Gasteiger partial charge in [0.1, 0.15) is 11.6 Å². The molecule has 4 heterocycles. The lowest BCUT2D eigenvalue weighted by molar-refractivity contribution is -0.131. The molecule has 0 spiro atoms.